The normalized spacial score (nSPS) is 26.2. The van der Waals surface area contributed by atoms with E-state index in [1.165, 1.54) is 12.2 Å². The summed E-state index contributed by atoms with van der Waals surface area (Å²) in [6.45, 7) is 6.32. The van der Waals surface area contributed by atoms with Crippen LogP contribution < -0.4 is 0 Å². The number of carbonyl (C=O) groups is 1. The first kappa shape index (κ1) is 10.1. The van der Waals surface area contributed by atoms with Crippen molar-refractivity contribution in [1.29, 1.82) is 0 Å². The number of hydrogen-bond donors (Lipinski definition) is 0. The smallest absolute Gasteiger partial charge is 0.148 e. The van der Waals surface area contributed by atoms with Gasteiger partial charge in [-0.15, -0.1) is 0 Å². The number of rotatable bonds is 3. The topological polar surface area (TPSA) is 17.1 Å². The van der Waals surface area contributed by atoms with Gasteiger partial charge >= 0.3 is 0 Å². The van der Waals surface area contributed by atoms with Crippen LogP contribution in [0.5, 0.6) is 0 Å². The Hall–Kier alpha value is 0.0200. The zero-order valence-electron chi connectivity index (χ0n) is 8.17. The van der Waals surface area contributed by atoms with E-state index in [4.69, 9.17) is 0 Å². The Morgan fingerprint density at radius 1 is 1.42 bits per heavy atom. The van der Waals surface area contributed by atoms with E-state index in [0.717, 1.165) is 6.42 Å². The van der Waals surface area contributed by atoms with Crippen LogP contribution in [0.3, 0.4) is 0 Å². The van der Waals surface area contributed by atoms with Crippen molar-refractivity contribution in [2.24, 2.45) is 11.8 Å². The Morgan fingerprint density at radius 2 is 2.08 bits per heavy atom. The van der Waals surface area contributed by atoms with Gasteiger partial charge in [0.15, 0.2) is 0 Å². The summed E-state index contributed by atoms with van der Waals surface area (Å²) in [4.78, 5) is 11.8. The summed E-state index contributed by atoms with van der Waals surface area (Å²) in [7, 11) is 0. The van der Waals surface area contributed by atoms with Gasteiger partial charge in [0.05, 0.1) is 5.25 Å². The molecule has 0 aliphatic carbocycles. The Bertz CT molecular complexity index is 155. The van der Waals surface area contributed by atoms with E-state index >= 15 is 0 Å². The van der Waals surface area contributed by atoms with Crippen LogP contribution in [0.15, 0.2) is 0 Å². The first-order chi connectivity index (χ1) is 5.63. The number of hydrogen-bond acceptors (Lipinski definition) is 2. The highest BCUT2D eigenvalue weighted by Crippen LogP contribution is 2.30. The molecule has 2 unspecified atom stereocenters. The van der Waals surface area contributed by atoms with Crippen molar-refractivity contribution in [3.05, 3.63) is 0 Å². The fourth-order valence-corrected chi connectivity index (χ4v) is 2.75. The quantitative estimate of drug-likeness (QED) is 0.674. The fraction of sp³-hybridized carbons (Fsp3) is 0.900. The average Bonchev–Trinajstić information content (AvgIpc) is 2.53. The monoisotopic (exact) mass is 186 g/mol. The molecule has 0 N–H and O–H groups in total. The molecule has 1 aliphatic heterocycles. The van der Waals surface area contributed by atoms with Gasteiger partial charge in [0.25, 0.3) is 0 Å². The Labute approximate surface area is 79.3 Å². The van der Waals surface area contributed by atoms with Crippen LogP contribution in [-0.4, -0.2) is 16.8 Å². The number of thioether (sulfide) groups is 1. The maximum atomic E-state index is 11.8. The lowest BCUT2D eigenvalue weighted by Crippen LogP contribution is -2.25. The molecule has 0 radical (unpaired) electrons. The van der Waals surface area contributed by atoms with Gasteiger partial charge in [-0.3, -0.25) is 4.79 Å². The largest absolute Gasteiger partial charge is 0.298 e. The molecule has 0 saturated carbocycles. The lowest BCUT2D eigenvalue weighted by molar-refractivity contribution is -0.123. The predicted octanol–water partition coefficient (Wildman–Crippen LogP) is 2.74. The minimum Gasteiger partial charge on any atom is -0.298 e. The van der Waals surface area contributed by atoms with Gasteiger partial charge < -0.3 is 0 Å². The van der Waals surface area contributed by atoms with Crippen LogP contribution in [0.25, 0.3) is 0 Å². The second-order valence-electron chi connectivity index (χ2n) is 3.94. The molecule has 0 bridgehead atoms. The summed E-state index contributed by atoms with van der Waals surface area (Å²) in [6, 6.07) is 0. The third-order valence-corrected chi connectivity index (χ3v) is 4.09. The zero-order valence-corrected chi connectivity index (χ0v) is 8.99. The summed E-state index contributed by atoms with van der Waals surface area (Å²) in [5.74, 6) is 2.41. The third-order valence-electron chi connectivity index (χ3n) is 2.70. The first-order valence-corrected chi connectivity index (χ1v) is 5.83. The van der Waals surface area contributed by atoms with Gasteiger partial charge in [0.2, 0.25) is 0 Å². The van der Waals surface area contributed by atoms with Gasteiger partial charge in [-0.05, 0) is 24.5 Å². The molecule has 0 aromatic carbocycles. The van der Waals surface area contributed by atoms with E-state index in [1.54, 1.807) is 0 Å². The Kier molecular flexibility index (Phi) is 3.63. The zero-order chi connectivity index (χ0) is 9.14. The van der Waals surface area contributed by atoms with Gasteiger partial charge in [-0.2, -0.15) is 11.8 Å². The van der Waals surface area contributed by atoms with Crippen molar-refractivity contribution in [3.8, 4) is 0 Å². The molecule has 0 spiro atoms. The molecule has 1 saturated heterocycles. The highest BCUT2D eigenvalue weighted by Gasteiger charge is 2.28. The van der Waals surface area contributed by atoms with E-state index in [0.29, 0.717) is 17.0 Å². The predicted molar refractivity (Wildman–Crippen MR) is 54.5 cm³/mol. The minimum absolute atomic E-state index is 0.251. The SMILES string of the molecule is CC(C)C(C)C(=O)C1CCCS1. The number of carbonyl (C=O) groups excluding carboxylic acids is 1. The van der Waals surface area contributed by atoms with Crippen LogP contribution in [0.4, 0.5) is 0 Å². The van der Waals surface area contributed by atoms with Crippen LogP contribution in [0.2, 0.25) is 0 Å². The summed E-state index contributed by atoms with van der Waals surface area (Å²) >= 11 is 1.85. The van der Waals surface area contributed by atoms with Crippen LogP contribution >= 0.6 is 11.8 Å². The van der Waals surface area contributed by atoms with Crippen molar-refractivity contribution in [2.45, 2.75) is 38.9 Å². The van der Waals surface area contributed by atoms with Gasteiger partial charge in [0.1, 0.15) is 5.78 Å². The second kappa shape index (κ2) is 4.31. The molecule has 1 nitrogen and oxygen atoms in total. The lowest BCUT2D eigenvalue weighted by Gasteiger charge is -2.17. The van der Waals surface area contributed by atoms with Crippen LogP contribution in [0.1, 0.15) is 33.6 Å². The van der Waals surface area contributed by atoms with Crippen molar-refractivity contribution in [3.63, 3.8) is 0 Å². The number of ketones is 1. The van der Waals surface area contributed by atoms with E-state index in [2.05, 4.69) is 20.8 Å². The van der Waals surface area contributed by atoms with Crippen LogP contribution in [0, 0.1) is 11.8 Å². The lowest BCUT2D eigenvalue weighted by atomic mass is 9.91. The Balaban J connectivity index is 2.45. The standard InChI is InChI=1S/C10H18OS/c1-7(2)8(3)10(11)9-5-4-6-12-9/h7-9H,4-6H2,1-3H3. The molecule has 1 rings (SSSR count). The molecule has 0 aromatic heterocycles. The number of Topliss-reactive ketones (excluding diaryl/α,β-unsaturated/α-hetero) is 1. The van der Waals surface area contributed by atoms with Gasteiger partial charge in [0, 0.05) is 5.92 Å². The maximum Gasteiger partial charge on any atom is 0.148 e. The van der Waals surface area contributed by atoms with Crippen molar-refractivity contribution in [1.82, 2.24) is 0 Å². The molecular formula is C10H18OS. The molecule has 0 amide bonds. The van der Waals surface area contributed by atoms with Crippen molar-refractivity contribution in [2.75, 3.05) is 5.75 Å². The summed E-state index contributed by atoms with van der Waals surface area (Å²) in [5, 5.41) is 0.322. The molecule has 1 heterocycles. The summed E-state index contributed by atoms with van der Waals surface area (Å²) in [6.07, 6.45) is 2.34. The second-order valence-corrected chi connectivity index (χ2v) is 5.25. The molecule has 1 aliphatic rings. The summed E-state index contributed by atoms with van der Waals surface area (Å²) in [5.41, 5.74) is 0. The first-order valence-electron chi connectivity index (χ1n) is 4.78. The van der Waals surface area contributed by atoms with E-state index < -0.39 is 0 Å². The molecule has 1 fully saturated rings. The highest BCUT2D eigenvalue weighted by molar-refractivity contribution is 8.00. The highest BCUT2D eigenvalue weighted by atomic mass is 32.2. The third kappa shape index (κ3) is 2.25. The van der Waals surface area contributed by atoms with Crippen LogP contribution in [-0.2, 0) is 4.79 Å². The van der Waals surface area contributed by atoms with Crippen molar-refractivity contribution >= 4 is 17.5 Å². The van der Waals surface area contributed by atoms with E-state index in [-0.39, 0.29) is 5.92 Å². The van der Waals surface area contributed by atoms with E-state index in [1.807, 2.05) is 11.8 Å². The molecule has 2 heteroatoms. The molecule has 12 heavy (non-hydrogen) atoms. The molecule has 70 valence electrons. The molecule has 0 aromatic rings. The van der Waals surface area contributed by atoms with Crippen molar-refractivity contribution < 1.29 is 4.79 Å². The maximum absolute atomic E-state index is 11.8. The minimum atomic E-state index is 0.251. The van der Waals surface area contributed by atoms with Gasteiger partial charge in [-0.1, -0.05) is 20.8 Å². The molecule has 2 atom stereocenters. The van der Waals surface area contributed by atoms with Gasteiger partial charge in [-0.25, -0.2) is 0 Å². The molecular weight excluding hydrogens is 168 g/mol. The Morgan fingerprint density at radius 3 is 2.50 bits per heavy atom. The average molecular weight is 186 g/mol. The fourth-order valence-electron chi connectivity index (χ4n) is 1.42. The van der Waals surface area contributed by atoms with E-state index in [9.17, 15) is 4.79 Å². The summed E-state index contributed by atoms with van der Waals surface area (Å²) < 4.78 is 0.